The van der Waals surface area contributed by atoms with Crippen molar-refractivity contribution in [3.8, 4) is 11.5 Å². The SMILES string of the molecule is COc1cc(/C=C(/C)F)ccc1O. The van der Waals surface area contributed by atoms with Crippen LogP contribution < -0.4 is 4.74 Å². The standard InChI is InChI=1S/C10H11FO2/c1-7(11)5-8-3-4-9(12)10(6-8)13-2/h3-6,12H,1-2H3/b7-5-. The van der Waals surface area contributed by atoms with Gasteiger partial charge in [-0.2, -0.15) is 0 Å². The van der Waals surface area contributed by atoms with Gasteiger partial charge in [0.05, 0.1) is 12.9 Å². The topological polar surface area (TPSA) is 29.5 Å². The maximum atomic E-state index is 12.5. The average molecular weight is 182 g/mol. The first-order valence-electron chi connectivity index (χ1n) is 3.84. The molecule has 0 aliphatic rings. The van der Waals surface area contributed by atoms with Gasteiger partial charge in [-0.1, -0.05) is 6.07 Å². The number of allylic oxidation sites excluding steroid dienone is 1. The molecule has 2 nitrogen and oxygen atoms in total. The van der Waals surface area contributed by atoms with Crippen molar-refractivity contribution in [2.75, 3.05) is 7.11 Å². The Kier molecular flexibility index (Phi) is 2.90. The number of hydrogen-bond acceptors (Lipinski definition) is 2. The molecule has 13 heavy (non-hydrogen) atoms. The van der Waals surface area contributed by atoms with Crippen LogP contribution in [0.25, 0.3) is 6.08 Å². The molecule has 0 amide bonds. The van der Waals surface area contributed by atoms with E-state index in [1.54, 1.807) is 12.1 Å². The van der Waals surface area contributed by atoms with Crippen molar-refractivity contribution in [3.63, 3.8) is 0 Å². The fraction of sp³-hybridized carbons (Fsp3) is 0.200. The number of aromatic hydroxyl groups is 1. The second-order valence-corrected chi connectivity index (χ2v) is 2.66. The molecule has 0 aliphatic heterocycles. The molecule has 3 heteroatoms. The highest BCUT2D eigenvalue weighted by Crippen LogP contribution is 2.27. The first-order chi connectivity index (χ1) is 6.13. The van der Waals surface area contributed by atoms with Crippen molar-refractivity contribution in [2.45, 2.75) is 6.92 Å². The second-order valence-electron chi connectivity index (χ2n) is 2.66. The summed E-state index contributed by atoms with van der Waals surface area (Å²) >= 11 is 0. The maximum absolute atomic E-state index is 12.5. The lowest BCUT2D eigenvalue weighted by atomic mass is 10.2. The zero-order chi connectivity index (χ0) is 9.84. The average Bonchev–Trinajstić information content (AvgIpc) is 2.07. The summed E-state index contributed by atoms with van der Waals surface area (Å²) in [6, 6.07) is 4.65. The van der Waals surface area contributed by atoms with E-state index in [1.807, 2.05) is 0 Å². The minimum atomic E-state index is -0.284. The summed E-state index contributed by atoms with van der Waals surface area (Å²) in [4.78, 5) is 0. The van der Waals surface area contributed by atoms with Crippen LogP contribution in [-0.4, -0.2) is 12.2 Å². The summed E-state index contributed by atoms with van der Waals surface area (Å²) in [5.74, 6) is 0.110. The summed E-state index contributed by atoms with van der Waals surface area (Å²) < 4.78 is 17.3. The van der Waals surface area contributed by atoms with Gasteiger partial charge in [0.15, 0.2) is 11.5 Å². The smallest absolute Gasteiger partial charge is 0.161 e. The van der Waals surface area contributed by atoms with Crippen LogP contribution in [0.2, 0.25) is 0 Å². The molecule has 0 bridgehead atoms. The normalized spacial score (nSPS) is 11.5. The monoisotopic (exact) mass is 182 g/mol. The molecule has 0 aromatic heterocycles. The van der Waals surface area contributed by atoms with E-state index >= 15 is 0 Å². The predicted molar refractivity (Wildman–Crippen MR) is 49.4 cm³/mol. The molecule has 0 saturated carbocycles. The van der Waals surface area contributed by atoms with E-state index in [0.29, 0.717) is 11.3 Å². The first kappa shape index (κ1) is 9.58. The third kappa shape index (κ3) is 2.47. The van der Waals surface area contributed by atoms with E-state index in [4.69, 9.17) is 4.74 Å². The van der Waals surface area contributed by atoms with E-state index in [1.165, 1.54) is 26.2 Å². The summed E-state index contributed by atoms with van der Waals surface area (Å²) in [7, 11) is 1.45. The van der Waals surface area contributed by atoms with Crippen LogP contribution in [0.3, 0.4) is 0 Å². The number of rotatable bonds is 2. The lowest BCUT2D eigenvalue weighted by Gasteiger charge is -2.03. The number of phenolic OH excluding ortho intramolecular Hbond substituents is 1. The van der Waals surface area contributed by atoms with Gasteiger partial charge in [0.2, 0.25) is 0 Å². The Morgan fingerprint density at radius 3 is 2.77 bits per heavy atom. The summed E-state index contributed by atoms with van der Waals surface area (Å²) in [6.45, 7) is 1.36. The third-order valence-corrected chi connectivity index (χ3v) is 1.57. The van der Waals surface area contributed by atoms with E-state index in [2.05, 4.69) is 0 Å². The van der Waals surface area contributed by atoms with E-state index in [9.17, 15) is 9.50 Å². The molecule has 1 N–H and O–H groups in total. The molecular formula is C10H11FO2. The molecule has 70 valence electrons. The van der Waals surface area contributed by atoms with Crippen molar-refractivity contribution in [1.82, 2.24) is 0 Å². The highest BCUT2D eigenvalue weighted by molar-refractivity contribution is 5.56. The van der Waals surface area contributed by atoms with Crippen LogP contribution in [0.1, 0.15) is 12.5 Å². The number of ether oxygens (including phenoxy) is 1. The van der Waals surface area contributed by atoms with Crippen molar-refractivity contribution >= 4 is 6.08 Å². The van der Waals surface area contributed by atoms with Crippen LogP contribution in [-0.2, 0) is 0 Å². The van der Waals surface area contributed by atoms with E-state index < -0.39 is 0 Å². The molecule has 0 aliphatic carbocycles. The van der Waals surface area contributed by atoms with E-state index in [-0.39, 0.29) is 11.6 Å². The van der Waals surface area contributed by atoms with Crippen molar-refractivity contribution in [2.24, 2.45) is 0 Å². The van der Waals surface area contributed by atoms with Gasteiger partial charge < -0.3 is 9.84 Å². The highest BCUT2D eigenvalue weighted by atomic mass is 19.1. The number of benzene rings is 1. The Hall–Kier alpha value is -1.51. The van der Waals surface area contributed by atoms with Crippen molar-refractivity contribution < 1.29 is 14.2 Å². The number of phenols is 1. The first-order valence-corrected chi connectivity index (χ1v) is 3.84. The Balaban J connectivity index is 3.06. The zero-order valence-electron chi connectivity index (χ0n) is 7.54. The molecule has 0 heterocycles. The zero-order valence-corrected chi connectivity index (χ0v) is 7.54. The van der Waals surface area contributed by atoms with Crippen LogP contribution in [0.4, 0.5) is 4.39 Å². The fourth-order valence-corrected chi connectivity index (χ4v) is 1.01. The van der Waals surface area contributed by atoms with Crippen LogP contribution >= 0.6 is 0 Å². The molecule has 1 aromatic carbocycles. The van der Waals surface area contributed by atoms with Gasteiger partial charge in [-0.15, -0.1) is 0 Å². The van der Waals surface area contributed by atoms with Crippen molar-refractivity contribution in [3.05, 3.63) is 29.6 Å². The number of halogens is 1. The van der Waals surface area contributed by atoms with Crippen molar-refractivity contribution in [1.29, 1.82) is 0 Å². The molecule has 1 rings (SSSR count). The van der Waals surface area contributed by atoms with Gasteiger partial charge in [0, 0.05) is 0 Å². The molecule has 1 aromatic rings. The minimum absolute atomic E-state index is 0.0520. The lowest BCUT2D eigenvalue weighted by molar-refractivity contribution is 0.373. The maximum Gasteiger partial charge on any atom is 0.161 e. The molecule has 0 atom stereocenters. The van der Waals surface area contributed by atoms with Gasteiger partial charge in [-0.3, -0.25) is 0 Å². The Morgan fingerprint density at radius 2 is 2.23 bits per heavy atom. The largest absolute Gasteiger partial charge is 0.504 e. The van der Waals surface area contributed by atoms with Gasteiger partial charge >= 0.3 is 0 Å². The second kappa shape index (κ2) is 3.94. The Bertz CT molecular complexity index is 328. The highest BCUT2D eigenvalue weighted by Gasteiger charge is 2.00. The summed E-state index contributed by atoms with van der Waals surface area (Å²) in [6.07, 6.45) is 1.36. The molecule has 0 spiro atoms. The third-order valence-electron chi connectivity index (χ3n) is 1.57. The number of hydrogen-bond donors (Lipinski definition) is 1. The van der Waals surface area contributed by atoms with Gasteiger partial charge in [-0.25, -0.2) is 4.39 Å². The minimum Gasteiger partial charge on any atom is -0.504 e. The molecule has 0 unspecified atom stereocenters. The molecule has 0 saturated heterocycles. The molecular weight excluding hydrogens is 171 g/mol. The molecule has 0 radical (unpaired) electrons. The van der Waals surface area contributed by atoms with Crippen LogP contribution in [0, 0.1) is 0 Å². The summed E-state index contributed by atoms with van der Waals surface area (Å²) in [5.41, 5.74) is 0.662. The van der Waals surface area contributed by atoms with E-state index in [0.717, 1.165) is 0 Å². The van der Waals surface area contributed by atoms with Crippen LogP contribution in [0.5, 0.6) is 11.5 Å². The fourth-order valence-electron chi connectivity index (χ4n) is 1.01. The predicted octanol–water partition coefficient (Wildman–Crippen LogP) is 2.73. The van der Waals surface area contributed by atoms with Crippen LogP contribution in [0.15, 0.2) is 24.0 Å². The van der Waals surface area contributed by atoms with Gasteiger partial charge in [-0.05, 0) is 30.7 Å². The molecule has 0 fully saturated rings. The number of methoxy groups -OCH3 is 1. The summed E-state index contributed by atoms with van der Waals surface area (Å²) in [5, 5.41) is 9.23. The Morgan fingerprint density at radius 1 is 1.54 bits per heavy atom. The Labute approximate surface area is 76.3 Å². The van der Waals surface area contributed by atoms with Gasteiger partial charge in [0.1, 0.15) is 0 Å². The quantitative estimate of drug-likeness (QED) is 0.762. The lowest BCUT2D eigenvalue weighted by Crippen LogP contribution is -1.84. The van der Waals surface area contributed by atoms with Gasteiger partial charge in [0.25, 0.3) is 0 Å².